The quantitative estimate of drug-likeness (QED) is 0.472. The number of pyridine rings is 1. The van der Waals surface area contributed by atoms with Crippen LogP contribution in [0.5, 0.6) is 0 Å². The monoisotopic (exact) mass is 525 g/mol. The summed E-state index contributed by atoms with van der Waals surface area (Å²) < 4.78 is 0. The number of amides is 4. The van der Waals surface area contributed by atoms with Crippen LogP contribution in [0, 0.1) is 11.3 Å². The average Bonchev–Trinajstić information content (AvgIpc) is 3.72. The maximum absolute atomic E-state index is 14.2. The molecule has 38 heavy (non-hydrogen) atoms. The molecule has 1 aromatic heterocycles. The van der Waals surface area contributed by atoms with E-state index >= 15 is 0 Å². The van der Waals surface area contributed by atoms with Gasteiger partial charge in [-0.1, -0.05) is 60.8 Å². The van der Waals surface area contributed by atoms with Crippen LogP contribution in [0.15, 0.2) is 54.7 Å². The Morgan fingerprint density at radius 3 is 2.47 bits per heavy atom. The molecular formula is C29H24ClN5O3. The molecular weight excluding hydrogens is 502 g/mol. The van der Waals surface area contributed by atoms with Crippen molar-refractivity contribution < 1.29 is 14.4 Å². The maximum Gasteiger partial charge on any atom is 0.332 e. The summed E-state index contributed by atoms with van der Waals surface area (Å²) in [6, 6.07) is 15.1. The lowest BCUT2D eigenvalue weighted by atomic mass is 9.77. The van der Waals surface area contributed by atoms with E-state index < -0.39 is 11.5 Å². The number of likely N-dealkylation sites (tertiary alicyclic amines) is 1. The van der Waals surface area contributed by atoms with Gasteiger partial charge in [0.1, 0.15) is 17.8 Å². The number of benzene rings is 2. The Morgan fingerprint density at radius 1 is 1.05 bits per heavy atom. The zero-order valence-corrected chi connectivity index (χ0v) is 21.3. The van der Waals surface area contributed by atoms with Crippen LogP contribution in [-0.2, 0) is 15.0 Å². The van der Waals surface area contributed by atoms with Crippen molar-refractivity contribution in [1.82, 2.24) is 14.8 Å². The average molecular weight is 526 g/mol. The van der Waals surface area contributed by atoms with E-state index in [0.29, 0.717) is 34.4 Å². The summed E-state index contributed by atoms with van der Waals surface area (Å²) >= 11 is 6.13. The first kappa shape index (κ1) is 23.2. The van der Waals surface area contributed by atoms with Crippen molar-refractivity contribution in [2.24, 2.45) is 0 Å². The summed E-state index contributed by atoms with van der Waals surface area (Å²) in [4.78, 5) is 50.7. The number of halogens is 1. The minimum Gasteiger partial charge on any atom is -0.334 e. The molecule has 2 aromatic carbocycles. The van der Waals surface area contributed by atoms with Crippen molar-refractivity contribution in [3.05, 3.63) is 71.0 Å². The normalized spacial score (nSPS) is 25.4. The first-order chi connectivity index (χ1) is 18.4. The second kappa shape index (κ2) is 8.27. The molecule has 3 saturated heterocycles. The van der Waals surface area contributed by atoms with Gasteiger partial charge in [-0.25, -0.2) is 14.7 Å². The number of piperazine rings is 1. The highest BCUT2D eigenvalue weighted by molar-refractivity contribution is 6.30. The van der Waals surface area contributed by atoms with Crippen LogP contribution in [0.3, 0.4) is 0 Å². The van der Waals surface area contributed by atoms with Crippen LogP contribution in [0.4, 0.5) is 10.5 Å². The minimum atomic E-state index is -0.719. The molecule has 3 atom stereocenters. The molecule has 8 nitrogen and oxygen atoms in total. The second-order valence-electron chi connectivity index (χ2n) is 10.7. The molecule has 0 N–H and O–H groups in total. The van der Waals surface area contributed by atoms with E-state index in [1.807, 2.05) is 29.2 Å². The molecule has 4 heterocycles. The summed E-state index contributed by atoms with van der Waals surface area (Å²) in [6.07, 6.45) is 5.49. The first-order valence-electron chi connectivity index (χ1n) is 13.0. The first-order valence-corrected chi connectivity index (χ1v) is 13.3. The predicted molar refractivity (Wildman–Crippen MR) is 140 cm³/mol. The minimum absolute atomic E-state index is 0.0497. The zero-order valence-electron chi connectivity index (χ0n) is 20.5. The molecule has 0 radical (unpaired) electrons. The Labute approximate surface area is 224 Å². The Bertz CT molecular complexity index is 1560. The van der Waals surface area contributed by atoms with Gasteiger partial charge in [-0.2, -0.15) is 5.26 Å². The van der Waals surface area contributed by atoms with E-state index in [1.165, 1.54) is 11.1 Å². The van der Waals surface area contributed by atoms with Crippen molar-refractivity contribution in [3.63, 3.8) is 0 Å². The van der Waals surface area contributed by atoms with Gasteiger partial charge in [-0.3, -0.25) is 9.59 Å². The molecule has 0 spiro atoms. The third kappa shape index (κ3) is 3.02. The topological polar surface area (TPSA) is 97.6 Å². The largest absolute Gasteiger partial charge is 0.334 e. The maximum atomic E-state index is 14.2. The fourth-order valence-corrected chi connectivity index (χ4v) is 7.33. The van der Waals surface area contributed by atoms with E-state index in [0.717, 1.165) is 31.2 Å². The molecule has 3 aromatic rings. The van der Waals surface area contributed by atoms with Gasteiger partial charge >= 0.3 is 6.03 Å². The molecule has 190 valence electrons. The lowest BCUT2D eigenvalue weighted by molar-refractivity contribution is -0.141. The molecule has 9 heteroatoms. The summed E-state index contributed by atoms with van der Waals surface area (Å²) in [5.74, 6) is -0.294. The van der Waals surface area contributed by atoms with E-state index in [9.17, 15) is 19.6 Å². The van der Waals surface area contributed by atoms with Gasteiger partial charge in [0.2, 0.25) is 5.91 Å². The highest BCUT2D eigenvalue weighted by Crippen LogP contribution is 2.48. The van der Waals surface area contributed by atoms with Crippen molar-refractivity contribution >= 4 is 45.9 Å². The van der Waals surface area contributed by atoms with E-state index in [2.05, 4.69) is 11.1 Å². The molecule has 4 aliphatic rings. The number of nitriles is 1. The zero-order chi connectivity index (χ0) is 26.2. The van der Waals surface area contributed by atoms with Crippen molar-refractivity contribution in [2.75, 3.05) is 11.4 Å². The lowest BCUT2D eigenvalue weighted by Crippen LogP contribution is -2.58. The third-order valence-corrected chi connectivity index (χ3v) is 9.16. The molecule has 4 fully saturated rings. The van der Waals surface area contributed by atoms with E-state index in [-0.39, 0.29) is 35.6 Å². The van der Waals surface area contributed by atoms with Crippen LogP contribution in [-0.4, -0.2) is 57.3 Å². The summed E-state index contributed by atoms with van der Waals surface area (Å²) in [6.45, 7) is 0.425. The molecule has 1 saturated carbocycles. The third-order valence-electron chi connectivity index (χ3n) is 8.91. The number of anilines is 1. The standard InChI is InChI=1S/C29H24ClN5O3/c30-18-9-7-17(8-10-18)29(11-3-4-12-29)27(37)33-16-19-13-23(33)25-26(36)35(28(38)34(19)25)24-15-32-22(14-31)20-5-1-2-6-21(20)24/h1-2,5-10,15,19,23,25H,3-4,11-13,16H2. The molecule has 7 rings (SSSR count). The van der Waals surface area contributed by atoms with Gasteiger partial charge in [0.25, 0.3) is 5.91 Å². The van der Waals surface area contributed by atoms with Gasteiger partial charge in [0, 0.05) is 22.3 Å². The molecule has 3 aliphatic heterocycles. The summed E-state index contributed by atoms with van der Waals surface area (Å²) in [5, 5.41) is 11.3. The highest BCUT2D eigenvalue weighted by Gasteiger charge is 2.64. The van der Waals surface area contributed by atoms with Gasteiger partial charge in [-0.15, -0.1) is 0 Å². The number of rotatable bonds is 3. The number of fused-ring (bicyclic) bond motifs is 6. The van der Waals surface area contributed by atoms with Gasteiger partial charge < -0.3 is 9.80 Å². The number of carbonyl (C=O) groups excluding carboxylic acids is 3. The second-order valence-corrected chi connectivity index (χ2v) is 11.1. The number of hydrogen-bond donors (Lipinski definition) is 0. The van der Waals surface area contributed by atoms with Crippen LogP contribution in [0.25, 0.3) is 10.8 Å². The number of urea groups is 1. The number of carbonyl (C=O) groups is 3. The fraction of sp³-hybridized carbons (Fsp3) is 0.345. The van der Waals surface area contributed by atoms with Crippen molar-refractivity contribution in [3.8, 4) is 6.07 Å². The number of aromatic nitrogens is 1. The Balaban J connectivity index is 1.24. The van der Waals surface area contributed by atoms with Crippen LogP contribution >= 0.6 is 11.6 Å². The molecule has 4 amide bonds. The molecule has 3 unspecified atom stereocenters. The lowest BCUT2D eigenvalue weighted by Gasteiger charge is -2.40. The number of nitrogens with zero attached hydrogens (tertiary/aromatic N) is 5. The van der Waals surface area contributed by atoms with Crippen molar-refractivity contribution in [1.29, 1.82) is 5.26 Å². The Morgan fingerprint density at radius 2 is 1.76 bits per heavy atom. The number of hydrogen-bond acceptors (Lipinski definition) is 5. The smallest absolute Gasteiger partial charge is 0.332 e. The Hall–Kier alpha value is -3.96. The highest BCUT2D eigenvalue weighted by atomic mass is 35.5. The summed E-state index contributed by atoms with van der Waals surface area (Å²) in [5.41, 5.74) is 0.951. The van der Waals surface area contributed by atoms with Crippen LogP contribution in [0.1, 0.15) is 43.4 Å². The van der Waals surface area contributed by atoms with Gasteiger partial charge in [-0.05, 0) is 37.0 Å². The number of imide groups is 1. The molecule has 1 aliphatic carbocycles. The van der Waals surface area contributed by atoms with Gasteiger partial charge in [0.05, 0.1) is 29.4 Å². The van der Waals surface area contributed by atoms with Crippen LogP contribution < -0.4 is 4.90 Å². The fourth-order valence-electron chi connectivity index (χ4n) is 7.21. The summed E-state index contributed by atoms with van der Waals surface area (Å²) in [7, 11) is 0. The van der Waals surface area contributed by atoms with Crippen LogP contribution in [0.2, 0.25) is 5.02 Å². The van der Waals surface area contributed by atoms with E-state index in [4.69, 9.17) is 11.6 Å². The van der Waals surface area contributed by atoms with Crippen molar-refractivity contribution in [2.45, 2.75) is 55.6 Å². The van der Waals surface area contributed by atoms with Gasteiger partial charge in [0.15, 0.2) is 0 Å². The SMILES string of the molecule is N#Cc1ncc(N2C(=O)C3C4CC(CN4C(=O)C4(c5ccc(Cl)cc5)CCCC4)N3C2=O)c2ccccc12. The Kier molecular flexibility index (Phi) is 5.04. The van der Waals surface area contributed by atoms with E-state index in [1.54, 1.807) is 29.2 Å². The predicted octanol–water partition coefficient (Wildman–Crippen LogP) is 4.39. The molecule has 2 bridgehead atoms.